The summed E-state index contributed by atoms with van der Waals surface area (Å²) < 4.78 is 26.4. The summed E-state index contributed by atoms with van der Waals surface area (Å²) in [4.78, 5) is 12.1. The lowest BCUT2D eigenvalue weighted by Crippen LogP contribution is -2.17. The van der Waals surface area contributed by atoms with Gasteiger partial charge in [0.25, 0.3) is 5.91 Å². The fraction of sp³-hybridized carbons (Fsp3) is 0.167. The van der Waals surface area contributed by atoms with Gasteiger partial charge in [-0.25, -0.2) is 8.42 Å². The van der Waals surface area contributed by atoms with Gasteiger partial charge in [-0.3, -0.25) is 14.2 Å². The Labute approximate surface area is 116 Å². The summed E-state index contributed by atoms with van der Waals surface area (Å²) in [5, 5.41) is 6.63. The summed E-state index contributed by atoms with van der Waals surface area (Å²) in [5.74, 6) is -0.0397. The van der Waals surface area contributed by atoms with E-state index in [9.17, 15) is 13.2 Å². The quantitative estimate of drug-likeness (QED) is 0.881. The number of sulfonamides is 1. The van der Waals surface area contributed by atoms with Crippen LogP contribution in [0.15, 0.2) is 36.5 Å². The van der Waals surface area contributed by atoms with Gasteiger partial charge in [0.15, 0.2) is 5.82 Å². The Bertz CT molecular complexity index is 737. The van der Waals surface area contributed by atoms with Gasteiger partial charge in [0, 0.05) is 19.3 Å². The van der Waals surface area contributed by atoms with Crippen molar-refractivity contribution in [2.75, 3.05) is 16.3 Å². The number of hydrogen-bond acceptors (Lipinski definition) is 4. The van der Waals surface area contributed by atoms with Crippen molar-refractivity contribution in [2.24, 2.45) is 7.05 Å². The van der Waals surface area contributed by atoms with Gasteiger partial charge < -0.3 is 5.32 Å². The Kier molecular flexibility index (Phi) is 3.75. The Morgan fingerprint density at radius 3 is 2.55 bits per heavy atom. The van der Waals surface area contributed by atoms with Crippen LogP contribution in [0.3, 0.4) is 0 Å². The van der Waals surface area contributed by atoms with E-state index in [0.717, 1.165) is 6.26 Å². The molecular formula is C12H14N4O3S. The van der Waals surface area contributed by atoms with E-state index >= 15 is 0 Å². The first-order chi connectivity index (χ1) is 9.35. The van der Waals surface area contributed by atoms with Gasteiger partial charge in [-0.2, -0.15) is 5.10 Å². The first kappa shape index (κ1) is 14.1. The number of amides is 1. The number of hydrogen-bond donors (Lipinski definition) is 2. The number of aromatic nitrogens is 2. The standard InChI is InChI=1S/C12H14N4O3S/c1-16-8-7-11(14-16)13-12(17)9-5-3-4-6-10(9)15-20(2,18)19/h3-8,15H,1-2H3,(H,13,14,17). The normalized spacial score (nSPS) is 11.1. The van der Waals surface area contributed by atoms with Crippen LogP contribution in [0.5, 0.6) is 0 Å². The third-order valence-corrected chi connectivity index (χ3v) is 3.01. The largest absolute Gasteiger partial charge is 0.305 e. The van der Waals surface area contributed by atoms with E-state index < -0.39 is 15.9 Å². The van der Waals surface area contributed by atoms with Gasteiger partial charge >= 0.3 is 0 Å². The first-order valence-corrected chi connectivity index (χ1v) is 7.62. The van der Waals surface area contributed by atoms with Gasteiger partial charge in [0.2, 0.25) is 10.0 Å². The van der Waals surface area contributed by atoms with E-state index in [1.165, 1.54) is 12.1 Å². The Hall–Kier alpha value is -2.35. The number of para-hydroxylation sites is 1. The predicted octanol–water partition coefficient (Wildman–Crippen LogP) is 1.04. The van der Waals surface area contributed by atoms with Crippen molar-refractivity contribution < 1.29 is 13.2 Å². The highest BCUT2D eigenvalue weighted by atomic mass is 32.2. The molecule has 106 valence electrons. The molecule has 1 aromatic carbocycles. The molecule has 0 radical (unpaired) electrons. The van der Waals surface area contributed by atoms with E-state index in [4.69, 9.17) is 0 Å². The van der Waals surface area contributed by atoms with E-state index in [2.05, 4.69) is 15.1 Å². The molecule has 0 aliphatic rings. The Balaban J connectivity index is 2.25. The number of aryl methyl sites for hydroxylation is 1. The van der Waals surface area contributed by atoms with Crippen LogP contribution in [0.1, 0.15) is 10.4 Å². The maximum atomic E-state index is 12.1. The van der Waals surface area contributed by atoms with Gasteiger partial charge in [0.1, 0.15) is 0 Å². The fourth-order valence-corrected chi connectivity index (χ4v) is 2.21. The highest BCUT2D eigenvalue weighted by Gasteiger charge is 2.14. The molecule has 0 atom stereocenters. The topological polar surface area (TPSA) is 93.1 Å². The van der Waals surface area contributed by atoms with Crippen LogP contribution in [-0.4, -0.2) is 30.4 Å². The average Bonchev–Trinajstić information content (AvgIpc) is 2.73. The van der Waals surface area contributed by atoms with Crippen molar-refractivity contribution in [3.63, 3.8) is 0 Å². The smallest absolute Gasteiger partial charge is 0.258 e. The lowest BCUT2D eigenvalue weighted by atomic mass is 10.1. The van der Waals surface area contributed by atoms with Crippen molar-refractivity contribution in [3.05, 3.63) is 42.1 Å². The van der Waals surface area contributed by atoms with E-state index in [1.54, 1.807) is 36.1 Å². The Morgan fingerprint density at radius 1 is 1.25 bits per heavy atom. The molecular weight excluding hydrogens is 280 g/mol. The molecule has 0 saturated heterocycles. The SMILES string of the molecule is Cn1ccc(NC(=O)c2ccccc2NS(C)(=O)=O)n1. The molecule has 20 heavy (non-hydrogen) atoms. The van der Waals surface area contributed by atoms with Crippen molar-refractivity contribution in [2.45, 2.75) is 0 Å². The number of carbonyl (C=O) groups excluding carboxylic acids is 1. The number of benzene rings is 1. The molecule has 8 heteroatoms. The number of carbonyl (C=O) groups is 1. The predicted molar refractivity (Wildman–Crippen MR) is 76.1 cm³/mol. The van der Waals surface area contributed by atoms with E-state index in [0.29, 0.717) is 5.82 Å². The lowest BCUT2D eigenvalue weighted by Gasteiger charge is -2.09. The van der Waals surface area contributed by atoms with Crippen LogP contribution in [0.4, 0.5) is 11.5 Å². The summed E-state index contributed by atoms with van der Waals surface area (Å²) in [6.07, 6.45) is 2.72. The van der Waals surface area contributed by atoms with E-state index in [1.807, 2.05) is 0 Å². The van der Waals surface area contributed by atoms with Gasteiger partial charge in [0.05, 0.1) is 17.5 Å². The van der Waals surface area contributed by atoms with Crippen molar-refractivity contribution >= 4 is 27.4 Å². The molecule has 1 aromatic heterocycles. The second kappa shape index (κ2) is 5.33. The summed E-state index contributed by atoms with van der Waals surface area (Å²) in [6, 6.07) is 8.00. The lowest BCUT2D eigenvalue weighted by molar-refractivity contribution is 0.102. The highest BCUT2D eigenvalue weighted by molar-refractivity contribution is 7.92. The molecule has 0 fully saturated rings. The fourth-order valence-electron chi connectivity index (χ4n) is 1.64. The molecule has 0 spiro atoms. The van der Waals surface area contributed by atoms with Crippen LogP contribution in [0.25, 0.3) is 0 Å². The first-order valence-electron chi connectivity index (χ1n) is 5.73. The van der Waals surface area contributed by atoms with Crippen LogP contribution in [0.2, 0.25) is 0 Å². The third-order valence-electron chi connectivity index (χ3n) is 2.42. The molecule has 0 bridgehead atoms. The van der Waals surface area contributed by atoms with Gasteiger partial charge in [-0.05, 0) is 12.1 Å². The molecule has 1 heterocycles. The molecule has 7 nitrogen and oxygen atoms in total. The van der Waals surface area contributed by atoms with Crippen LogP contribution in [0, 0.1) is 0 Å². The van der Waals surface area contributed by atoms with Crippen LogP contribution < -0.4 is 10.0 Å². The van der Waals surface area contributed by atoms with Crippen molar-refractivity contribution in [3.8, 4) is 0 Å². The van der Waals surface area contributed by atoms with Crippen molar-refractivity contribution in [1.82, 2.24) is 9.78 Å². The molecule has 1 amide bonds. The minimum atomic E-state index is -3.45. The average molecular weight is 294 g/mol. The summed E-state index contributed by atoms with van der Waals surface area (Å²) >= 11 is 0. The molecule has 2 rings (SSSR count). The zero-order chi connectivity index (χ0) is 14.8. The number of rotatable bonds is 4. The maximum absolute atomic E-state index is 12.1. The van der Waals surface area contributed by atoms with Crippen LogP contribution >= 0.6 is 0 Å². The second-order valence-electron chi connectivity index (χ2n) is 4.25. The number of nitrogens with one attached hydrogen (secondary N) is 2. The minimum absolute atomic E-state index is 0.225. The third kappa shape index (κ3) is 3.58. The molecule has 0 aliphatic carbocycles. The zero-order valence-corrected chi connectivity index (χ0v) is 11.8. The maximum Gasteiger partial charge on any atom is 0.258 e. The molecule has 0 saturated carbocycles. The Morgan fingerprint density at radius 2 is 1.95 bits per heavy atom. The molecule has 2 N–H and O–H groups in total. The number of anilines is 2. The highest BCUT2D eigenvalue weighted by Crippen LogP contribution is 2.17. The van der Waals surface area contributed by atoms with Crippen LogP contribution in [-0.2, 0) is 17.1 Å². The summed E-state index contributed by atoms with van der Waals surface area (Å²) in [5.41, 5.74) is 0.451. The second-order valence-corrected chi connectivity index (χ2v) is 6.00. The zero-order valence-electron chi connectivity index (χ0n) is 11.0. The summed E-state index contributed by atoms with van der Waals surface area (Å²) in [7, 11) is -1.72. The summed E-state index contributed by atoms with van der Waals surface area (Å²) in [6.45, 7) is 0. The van der Waals surface area contributed by atoms with Gasteiger partial charge in [-0.15, -0.1) is 0 Å². The van der Waals surface area contributed by atoms with E-state index in [-0.39, 0.29) is 11.3 Å². The van der Waals surface area contributed by atoms with Gasteiger partial charge in [-0.1, -0.05) is 12.1 Å². The molecule has 2 aromatic rings. The monoisotopic (exact) mass is 294 g/mol. The van der Waals surface area contributed by atoms with Crippen molar-refractivity contribution in [1.29, 1.82) is 0 Å². The minimum Gasteiger partial charge on any atom is -0.305 e. The molecule has 0 unspecified atom stereocenters. The molecule has 0 aliphatic heterocycles. The number of nitrogens with zero attached hydrogens (tertiary/aromatic N) is 2.